The van der Waals surface area contributed by atoms with Crippen molar-refractivity contribution in [1.82, 2.24) is 9.97 Å². The van der Waals surface area contributed by atoms with Crippen LogP contribution in [0.3, 0.4) is 0 Å². The van der Waals surface area contributed by atoms with Gasteiger partial charge >= 0.3 is 0 Å². The van der Waals surface area contributed by atoms with E-state index in [0.717, 1.165) is 29.2 Å². The number of H-pyrrole nitrogens is 1. The van der Waals surface area contributed by atoms with Crippen molar-refractivity contribution < 1.29 is 0 Å². The molecule has 0 spiro atoms. The van der Waals surface area contributed by atoms with Crippen LogP contribution in [0.1, 0.15) is 26.2 Å². The van der Waals surface area contributed by atoms with E-state index in [0.29, 0.717) is 5.41 Å². The predicted octanol–water partition coefficient (Wildman–Crippen LogP) is 2.75. The minimum Gasteiger partial charge on any atom is -0.399 e. The average molecular weight is 230 g/mol. The van der Waals surface area contributed by atoms with Crippen molar-refractivity contribution in [3.63, 3.8) is 0 Å². The third-order valence-electron chi connectivity index (χ3n) is 3.84. The largest absolute Gasteiger partial charge is 0.399 e. The molecule has 90 valence electrons. The number of imidazole rings is 1. The van der Waals surface area contributed by atoms with E-state index in [1.165, 1.54) is 19.3 Å². The molecule has 4 nitrogen and oxygen atoms in total. The molecule has 3 rings (SSSR count). The van der Waals surface area contributed by atoms with E-state index in [-0.39, 0.29) is 0 Å². The highest BCUT2D eigenvalue weighted by Gasteiger charge is 2.40. The molecule has 1 aromatic carbocycles. The maximum atomic E-state index is 5.74. The lowest BCUT2D eigenvalue weighted by atomic mass is 10.0. The van der Waals surface area contributed by atoms with E-state index in [1.807, 2.05) is 18.2 Å². The number of aromatic nitrogens is 2. The number of hydrogen-bond donors (Lipinski definition) is 3. The third kappa shape index (κ3) is 1.95. The molecule has 4 N–H and O–H groups in total. The van der Waals surface area contributed by atoms with Gasteiger partial charge in [-0.25, -0.2) is 4.98 Å². The Bertz CT molecular complexity index is 539. The topological polar surface area (TPSA) is 66.7 Å². The highest BCUT2D eigenvalue weighted by Crippen LogP contribution is 2.48. The second kappa shape index (κ2) is 3.65. The first kappa shape index (κ1) is 10.4. The fourth-order valence-corrected chi connectivity index (χ4v) is 2.21. The molecule has 1 aliphatic rings. The number of nitrogens with zero attached hydrogens (tertiary/aromatic N) is 1. The SMILES string of the molecule is CCC1(CNc2nc3ccc(N)cc3[nH]2)CC1. The number of nitrogens with two attached hydrogens (primary N) is 1. The van der Waals surface area contributed by atoms with Gasteiger partial charge in [0.1, 0.15) is 0 Å². The lowest BCUT2D eigenvalue weighted by molar-refractivity contribution is 0.520. The zero-order valence-electron chi connectivity index (χ0n) is 10.1. The molecule has 0 atom stereocenters. The molecular formula is C13H18N4. The smallest absolute Gasteiger partial charge is 0.201 e. The van der Waals surface area contributed by atoms with Gasteiger partial charge in [-0.3, -0.25) is 0 Å². The summed E-state index contributed by atoms with van der Waals surface area (Å²) in [6.07, 6.45) is 3.92. The Kier molecular flexibility index (Phi) is 2.24. The highest BCUT2D eigenvalue weighted by molar-refractivity contribution is 5.80. The Hall–Kier alpha value is -1.71. The molecule has 2 aromatic rings. The number of hydrogen-bond acceptors (Lipinski definition) is 3. The maximum absolute atomic E-state index is 5.74. The summed E-state index contributed by atoms with van der Waals surface area (Å²) in [6, 6.07) is 5.74. The maximum Gasteiger partial charge on any atom is 0.201 e. The summed E-state index contributed by atoms with van der Waals surface area (Å²) in [5, 5.41) is 3.40. The monoisotopic (exact) mass is 230 g/mol. The second-order valence-electron chi connectivity index (χ2n) is 5.07. The van der Waals surface area contributed by atoms with Crippen LogP contribution >= 0.6 is 0 Å². The Balaban J connectivity index is 1.77. The molecule has 1 heterocycles. The Labute approximate surface area is 101 Å². The molecule has 0 radical (unpaired) electrons. The Morgan fingerprint density at radius 3 is 3.00 bits per heavy atom. The molecule has 0 amide bonds. The number of anilines is 2. The Morgan fingerprint density at radius 2 is 2.29 bits per heavy atom. The fourth-order valence-electron chi connectivity index (χ4n) is 2.21. The van der Waals surface area contributed by atoms with Gasteiger partial charge in [-0.2, -0.15) is 0 Å². The standard InChI is InChI=1S/C13H18N4/c1-2-13(5-6-13)8-15-12-16-10-4-3-9(14)7-11(10)17-12/h3-4,7H,2,5-6,8,14H2,1H3,(H2,15,16,17). The van der Waals surface area contributed by atoms with E-state index in [2.05, 4.69) is 22.2 Å². The van der Waals surface area contributed by atoms with E-state index >= 15 is 0 Å². The molecule has 0 bridgehead atoms. The van der Waals surface area contributed by atoms with Gasteiger partial charge in [0.25, 0.3) is 0 Å². The minimum absolute atomic E-state index is 0.526. The number of nitrogen functional groups attached to an aromatic ring is 1. The van der Waals surface area contributed by atoms with Gasteiger partial charge in [0.2, 0.25) is 5.95 Å². The zero-order valence-corrected chi connectivity index (χ0v) is 10.1. The summed E-state index contributed by atoms with van der Waals surface area (Å²) >= 11 is 0. The minimum atomic E-state index is 0.526. The molecule has 0 saturated heterocycles. The van der Waals surface area contributed by atoms with Gasteiger partial charge in [0.05, 0.1) is 11.0 Å². The molecule has 17 heavy (non-hydrogen) atoms. The van der Waals surface area contributed by atoms with E-state index < -0.39 is 0 Å². The first-order chi connectivity index (χ1) is 8.21. The summed E-state index contributed by atoms with van der Waals surface area (Å²) in [7, 11) is 0. The van der Waals surface area contributed by atoms with E-state index in [4.69, 9.17) is 5.73 Å². The molecule has 1 aromatic heterocycles. The number of nitrogens with one attached hydrogen (secondary N) is 2. The zero-order chi connectivity index (χ0) is 11.9. The normalized spacial score (nSPS) is 17.2. The van der Waals surface area contributed by atoms with Crippen LogP contribution in [-0.4, -0.2) is 16.5 Å². The van der Waals surface area contributed by atoms with Crippen LogP contribution < -0.4 is 11.1 Å². The lowest BCUT2D eigenvalue weighted by Gasteiger charge is -2.12. The number of fused-ring (bicyclic) bond motifs is 1. The van der Waals surface area contributed by atoms with Gasteiger partial charge in [-0.15, -0.1) is 0 Å². The molecule has 1 fully saturated rings. The molecule has 1 saturated carbocycles. The van der Waals surface area contributed by atoms with Crippen molar-refractivity contribution in [2.24, 2.45) is 5.41 Å². The van der Waals surface area contributed by atoms with E-state index in [1.54, 1.807) is 0 Å². The van der Waals surface area contributed by atoms with Crippen LogP contribution in [-0.2, 0) is 0 Å². The van der Waals surface area contributed by atoms with Gasteiger partial charge < -0.3 is 16.0 Å². The van der Waals surface area contributed by atoms with Gasteiger partial charge in [-0.1, -0.05) is 6.92 Å². The van der Waals surface area contributed by atoms with Gasteiger partial charge in [0, 0.05) is 12.2 Å². The van der Waals surface area contributed by atoms with Crippen LogP contribution in [0, 0.1) is 5.41 Å². The van der Waals surface area contributed by atoms with Crippen LogP contribution in [0.5, 0.6) is 0 Å². The average Bonchev–Trinajstić information content (AvgIpc) is 3.00. The molecule has 1 aliphatic carbocycles. The van der Waals surface area contributed by atoms with Crippen molar-refractivity contribution in [2.45, 2.75) is 26.2 Å². The van der Waals surface area contributed by atoms with Crippen LogP contribution in [0.25, 0.3) is 11.0 Å². The first-order valence-corrected chi connectivity index (χ1v) is 6.20. The van der Waals surface area contributed by atoms with Crippen molar-refractivity contribution in [3.05, 3.63) is 18.2 Å². The van der Waals surface area contributed by atoms with Gasteiger partial charge in [-0.05, 0) is 42.9 Å². The molecule has 0 unspecified atom stereocenters. The first-order valence-electron chi connectivity index (χ1n) is 6.20. The quantitative estimate of drug-likeness (QED) is 0.707. The number of aromatic amines is 1. The predicted molar refractivity (Wildman–Crippen MR) is 71.0 cm³/mol. The van der Waals surface area contributed by atoms with E-state index in [9.17, 15) is 0 Å². The Morgan fingerprint density at radius 1 is 1.47 bits per heavy atom. The summed E-state index contributed by atoms with van der Waals surface area (Å²) < 4.78 is 0. The third-order valence-corrected chi connectivity index (χ3v) is 3.84. The summed E-state index contributed by atoms with van der Waals surface area (Å²) in [6.45, 7) is 3.27. The van der Waals surface area contributed by atoms with Crippen LogP contribution in [0.4, 0.5) is 11.6 Å². The second-order valence-corrected chi connectivity index (χ2v) is 5.07. The van der Waals surface area contributed by atoms with Crippen molar-refractivity contribution >= 4 is 22.7 Å². The van der Waals surface area contributed by atoms with Crippen LogP contribution in [0.15, 0.2) is 18.2 Å². The summed E-state index contributed by atoms with van der Waals surface area (Å²) in [5.41, 5.74) is 8.98. The number of rotatable bonds is 4. The van der Waals surface area contributed by atoms with Crippen molar-refractivity contribution in [2.75, 3.05) is 17.6 Å². The van der Waals surface area contributed by atoms with Crippen LogP contribution in [0.2, 0.25) is 0 Å². The summed E-state index contributed by atoms with van der Waals surface area (Å²) in [4.78, 5) is 7.76. The lowest BCUT2D eigenvalue weighted by Crippen LogP contribution is -2.14. The van der Waals surface area contributed by atoms with Crippen molar-refractivity contribution in [1.29, 1.82) is 0 Å². The number of benzene rings is 1. The van der Waals surface area contributed by atoms with Crippen molar-refractivity contribution in [3.8, 4) is 0 Å². The summed E-state index contributed by atoms with van der Waals surface area (Å²) in [5.74, 6) is 0.852. The molecular weight excluding hydrogens is 212 g/mol. The molecule has 0 aliphatic heterocycles. The fraction of sp³-hybridized carbons (Fsp3) is 0.462. The molecule has 4 heteroatoms. The highest BCUT2D eigenvalue weighted by atomic mass is 15.1. The van der Waals surface area contributed by atoms with Gasteiger partial charge in [0.15, 0.2) is 0 Å².